The zero-order valence-electron chi connectivity index (χ0n) is 20.0. The molecule has 1 aliphatic heterocycles. The number of benzene rings is 2. The van der Waals surface area contributed by atoms with Crippen molar-refractivity contribution in [3.8, 4) is 23.0 Å². The number of methoxy groups -OCH3 is 3. The molecule has 3 aromatic rings. The second-order valence-electron chi connectivity index (χ2n) is 7.89. The number of nitrogens with zero attached hydrogens (tertiary/aromatic N) is 2. The summed E-state index contributed by atoms with van der Waals surface area (Å²) in [6.45, 7) is 2.93. The van der Waals surface area contributed by atoms with E-state index < -0.39 is 0 Å². The van der Waals surface area contributed by atoms with Crippen molar-refractivity contribution in [3.63, 3.8) is 0 Å². The predicted octanol–water partition coefficient (Wildman–Crippen LogP) is 3.47. The van der Waals surface area contributed by atoms with E-state index in [1.165, 1.54) is 11.3 Å². The Morgan fingerprint density at radius 2 is 1.91 bits per heavy atom. The Balaban J connectivity index is 1.53. The van der Waals surface area contributed by atoms with Gasteiger partial charge in [-0.05, 0) is 23.8 Å². The van der Waals surface area contributed by atoms with Crippen molar-refractivity contribution in [1.82, 2.24) is 15.2 Å². The molecule has 0 bridgehead atoms. The number of carbonyl (C=O) groups is 1. The lowest BCUT2D eigenvalue weighted by Gasteiger charge is -2.23. The van der Waals surface area contributed by atoms with Crippen molar-refractivity contribution in [1.29, 1.82) is 0 Å². The standard InChI is InChI=1S/C25H29N3O6S/c1-30-9-8-26-25(29)20-15-35-24(27-20)14-28(12-17-4-7-21-23(10-17)34-16-33-21)13-18-5-6-19(31-2)11-22(18)32-3/h4-7,10-11,15H,8-9,12-14,16H2,1-3H3,(H,26,29). The Bertz CT molecular complexity index is 1150. The molecule has 0 saturated carbocycles. The van der Waals surface area contributed by atoms with Crippen molar-refractivity contribution in [2.45, 2.75) is 19.6 Å². The lowest BCUT2D eigenvalue weighted by Crippen LogP contribution is -2.27. The van der Waals surface area contributed by atoms with E-state index in [0.29, 0.717) is 38.5 Å². The third kappa shape index (κ3) is 6.41. The van der Waals surface area contributed by atoms with Crippen LogP contribution in [0, 0.1) is 0 Å². The van der Waals surface area contributed by atoms with E-state index in [-0.39, 0.29) is 12.7 Å². The third-order valence-electron chi connectivity index (χ3n) is 5.47. The molecular formula is C25H29N3O6S. The van der Waals surface area contributed by atoms with E-state index in [1.807, 2.05) is 36.4 Å². The summed E-state index contributed by atoms with van der Waals surface area (Å²) < 4.78 is 26.9. The first-order valence-electron chi connectivity index (χ1n) is 11.1. The van der Waals surface area contributed by atoms with E-state index in [4.69, 9.17) is 23.7 Å². The monoisotopic (exact) mass is 499 g/mol. The normalized spacial score (nSPS) is 12.1. The molecule has 2 heterocycles. The maximum Gasteiger partial charge on any atom is 0.270 e. The van der Waals surface area contributed by atoms with Gasteiger partial charge in [0.25, 0.3) is 5.91 Å². The van der Waals surface area contributed by atoms with Crippen LogP contribution in [0.3, 0.4) is 0 Å². The van der Waals surface area contributed by atoms with Crippen molar-refractivity contribution in [2.24, 2.45) is 0 Å². The van der Waals surface area contributed by atoms with Crippen LogP contribution >= 0.6 is 11.3 Å². The summed E-state index contributed by atoms with van der Waals surface area (Å²) in [5, 5.41) is 5.43. The van der Waals surface area contributed by atoms with Gasteiger partial charge in [-0.3, -0.25) is 9.69 Å². The van der Waals surface area contributed by atoms with Gasteiger partial charge in [-0.2, -0.15) is 0 Å². The number of thiazole rings is 1. The topological polar surface area (TPSA) is 91.4 Å². The fraction of sp³-hybridized carbons (Fsp3) is 0.360. The smallest absolute Gasteiger partial charge is 0.270 e. The van der Waals surface area contributed by atoms with Gasteiger partial charge in [-0.15, -0.1) is 11.3 Å². The predicted molar refractivity (Wildman–Crippen MR) is 131 cm³/mol. The molecule has 2 aromatic carbocycles. The highest BCUT2D eigenvalue weighted by molar-refractivity contribution is 7.09. The molecule has 1 amide bonds. The lowest BCUT2D eigenvalue weighted by molar-refractivity contribution is 0.0932. The number of nitrogens with one attached hydrogen (secondary N) is 1. The Hall–Kier alpha value is -3.34. The minimum Gasteiger partial charge on any atom is -0.497 e. The molecule has 1 aliphatic rings. The van der Waals surface area contributed by atoms with Gasteiger partial charge in [-0.1, -0.05) is 12.1 Å². The molecule has 35 heavy (non-hydrogen) atoms. The number of amides is 1. The van der Waals surface area contributed by atoms with Crippen molar-refractivity contribution in [2.75, 3.05) is 41.3 Å². The molecule has 186 valence electrons. The summed E-state index contributed by atoms with van der Waals surface area (Å²) in [5.41, 5.74) is 2.50. The number of aromatic nitrogens is 1. The van der Waals surface area contributed by atoms with Crippen LogP contribution in [-0.2, 0) is 24.4 Å². The van der Waals surface area contributed by atoms with Gasteiger partial charge in [0.05, 0.1) is 27.4 Å². The first kappa shape index (κ1) is 24.8. The molecule has 0 unspecified atom stereocenters. The molecule has 0 saturated heterocycles. The number of ether oxygens (including phenoxy) is 5. The Labute approximate surface area is 208 Å². The highest BCUT2D eigenvalue weighted by Gasteiger charge is 2.18. The van der Waals surface area contributed by atoms with Crippen LogP contribution in [0.5, 0.6) is 23.0 Å². The molecule has 0 radical (unpaired) electrons. The molecule has 0 fully saturated rings. The minimum atomic E-state index is -0.205. The molecule has 4 rings (SSSR count). The van der Waals surface area contributed by atoms with Crippen molar-refractivity contribution in [3.05, 3.63) is 63.6 Å². The summed E-state index contributed by atoms with van der Waals surface area (Å²) in [6.07, 6.45) is 0. The first-order chi connectivity index (χ1) is 17.1. The molecule has 10 heteroatoms. The van der Waals surface area contributed by atoms with E-state index in [9.17, 15) is 4.79 Å². The van der Waals surface area contributed by atoms with Gasteiger partial charge >= 0.3 is 0 Å². The van der Waals surface area contributed by atoms with E-state index in [2.05, 4.69) is 15.2 Å². The fourth-order valence-corrected chi connectivity index (χ4v) is 4.54. The van der Waals surface area contributed by atoms with Gasteiger partial charge in [0.2, 0.25) is 6.79 Å². The van der Waals surface area contributed by atoms with Gasteiger partial charge in [-0.25, -0.2) is 4.98 Å². The van der Waals surface area contributed by atoms with Crippen molar-refractivity contribution >= 4 is 17.2 Å². The van der Waals surface area contributed by atoms with Crippen molar-refractivity contribution < 1.29 is 28.5 Å². The maximum atomic E-state index is 12.4. The zero-order chi connectivity index (χ0) is 24.6. The van der Waals surface area contributed by atoms with Crippen LogP contribution in [0.2, 0.25) is 0 Å². The number of rotatable bonds is 12. The van der Waals surface area contributed by atoms with Gasteiger partial charge in [0.15, 0.2) is 11.5 Å². The van der Waals surface area contributed by atoms with Crippen LogP contribution in [-0.4, -0.2) is 57.1 Å². The van der Waals surface area contributed by atoms with E-state index in [0.717, 1.165) is 39.1 Å². The molecule has 1 aromatic heterocycles. The third-order valence-corrected chi connectivity index (χ3v) is 6.30. The average molecular weight is 500 g/mol. The Morgan fingerprint density at radius 3 is 2.71 bits per heavy atom. The number of hydrogen-bond acceptors (Lipinski definition) is 9. The summed E-state index contributed by atoms with van der Waals surface area (Å²) >= 11 is 1.46. The molecule has 0 spiro atoms. The highest BCUT2D eigenvalue weighted by Crippen LogP contribution is 2.33. The van der Waals surface area contributed by atoms with Gasteiger partial charge in [0.1, 0.15) is 22.2 Å². The summed E-state index contributed by atoms with van der Waals surface area (Å²) in [7, 11) is 4.88. The fourth-order valence-electron chi connectivity index (χ4n) is 3.72. The van der Waals surface area contributed by atoms with Crippen LogP contribution in [0.4, 0.5) is 0 Å². The summed E-state index contributed by atoms with van der Waals surface area (Å²) in [4.78, 5) is 19.2. The van der Waals surface area contributed by atoms with Gasteiger partial charge in [0, 0.05) is 43.8 Å². The van der Waals surface area contributed by atoms with Gasteiger partial charge < -0.3 is 29.0 Å². The number of carbonyl (C=O) groups excluding carboxylic acids is 1. The van der Waals surface area contributed by atoms with Crippen LogP contribution < -0.4 is 24.3 Å². The molecule has 0 atom stereocenters. The van der Waals surface area contributed by atoms with E-state index >= 15 is 0 Å². The maximum absolute atomic E-state index is 12.4. The second kappa shape index (κ2) is 11.9. The SMILES string of the molecule is COCCNC(=O)c1csc(CN(Cc2ccc3c(c2)OCO3)Cc2ccc(OC)cc2OC)n1. The summed E-state index contributed by atoms with van der Waals surface area (Å²) in [5.74, 6) is 2.77. The number of hydrogen-bond donors (Lipinski definition) is 1. The molecule has 9 nitrogen and oxygen atoms in total. The highest BCUT2D eigenvalue weighted by atomic mass is 32.1. The number of fused-ring (bicyclic) bond motifs is 1. The minimum absolute atomic E-state index is 0.205. The molecular weight excluding hydrogens is 470 g/mol. The summed E-state index contributed by atoms with van der Waals surface area (Å²) in [6, 6.07) is 11.7. The average Bonchev–Trinajstić information content (AvgIpc) is 3.53. The largest absolute Gasteiger partial charge is 0.497 e. The molecule has 0 aliphatic carbocycles. The van der Waals surface area contributed by atoms with E-state index in [1.54, 1.807) is 26.7 Å². The quantitative estimate of drug-likeness (QED) is 0.379. The lowest BCUT2D eigenvalue weighted by atomic mass is 10.1. The first-order valence-corrected chi connectivity index (χ1v) is 12.0. The molecule has 1 N–H and O–H groups in total. The second-order valence-corrected chi connectivity index (χ2v) is 8.83. The Kier molecular flexibility index (Phi) is 8.40. The van der Waals surface area contributed by atoms with Crippen LogP contribution in [0.25, 0.3) is 0 Å². The van der Waals surface area contributed by atoms with Crippen LogP contribution in [0.1, 0.15) is 26.6 Å². The van der Waals surface area contributed by atoms with Crippen LogP contribution in [0.15, 0.2) is 41.8 Å². The Morgan fingerprint density at radius 1 is 1.06 bits per heavy atom. The zero-order valence-corrected chi connectivity index (χ0v) is 20.9.